The van der Waals surface area contributed by atoms with Crippen molar-refractivity contribution in [2.24, 2.45) is 0 Å². The van der Waals surface area contributed by atoms with Crippen LogP contribution in [0.15, 0.2) is 53.4 Å². The Labute approximate surface area is 143 Å². The van der Waals surface area contributed by atoms with E-state index in [-0.39, 0.29) is 4.90 Å². The van der Waals surface area contributed by atoms with Gasteiger partial charge in [0.25, 0.3) is 10.0 Å². The summed E-state index contributed by atoms with van der Waals surface area (Å²) in [5.41, 5.74) is 3.29. The van der Waals surface area contributed by atoms with Gasteiger partial charge in [-0.1, -0.05) is 48.9 Å². The summed E-state index contributed by atoms with van der Waals surface area (Å²) in [7, 11) is -3.84. The Kier molecular flexibility index (Phi) is 5.98. The minimum Gasteiger partial charge on any atom is -0.337 e. The van der Waals surface area contributed by atoms with Crippen molar-refractivity contribution in [3.05, 3.63) is 65.2 Å². The molecule has 6 heteroatoms. The van der Waals surface area contributed by atoms with Crippen molar-refractivity contribution >= 4 is 16.1 Å². The number of nitrogens with one attached hydrogen (secondary N) is 2. The van der Waals surface area contributed by atoms with Crippen LogP contribution in [-0.4, -0.2) is 21.0 Å². The van der Waals surface area contributed by atoms with Gasteiger partial charge < -0.3 is 5.32 Å². The molecule has 5 nitrogen and oxygen atoms in total. The highest BCUT2D eigenvalue weighted by Gasteiger charge is 2.16. The Morgan fingerprint density at radius 1 is 1.04 bits per heavy atom. The maximum atomic E-state index is 12.1. The van der Waals surface area contributed by atoms with Crippen LogP contribution in [0.5, 0.6) is 0 Å². The molecule has 2 aromatic rings. The minimum absolute atomic E-state index is 0.0684. The van der Waals surface area contributed by atoms with E-state index in [2.05, 4.69) is 24.4 Å². The van der Waals surface area contributed by atoms with Crippen LogP contribution in [0.2, 0.25) is 0 Å². The van der Waals surface area contributed by atoms with Crippen molar-refractivity contribution in [3.8, 4) is 0 Å². The van der Waals surface area contributed by atoms with Gasteiger partial charge in [0.05, 0.1) is 4.90 Å². The number of hydrogen-bond acceptors (Lipinski definition) is 3. The molecule has 2 amide bonds. The van der Waals surface area contributed by atoms with Gasteiger partial charge in [-0.25, -0.2) is 17.9 Å². The smallest absolute Gasteiger partial charge is 0.328 e. The number of urea groups is 1. The number of aryl methyl sites for hydroxylation is 2. The van der Waals surface area contributed by atoms with E-state index in [1.165, 1.54) is 17.7 Å². The Morgan fingerprint density at radius 2 is 1.71 bits per heavy atom. The molecule has 0 bridgehead atoms. The van der Waals surface area contributed by atoms with Crippen molar-refractivity contribution in [2.75, 3.05) is 6.54 Å². The fourth-order valence-electron chi connectivity index (χ4n) is 2.26. The third kappa shape index (κ3) is 5.09. The molecule has 2 N–H and O–H groups in total. The second-order valence-electron chi connectivity index (χ2n) is 5.60. The fraction of sp³-hybridized carbons (Fsp3) is 0.278. The third-order valence-corrected chi connectivity index (χ3v) is 5.00. The molecule has 24 heavy (non-hydrogen) atoms. The SMILES string of the molecule is CCc1cccc(CCNC(=O)NS(=O)(=O)c2ccc(C)cc2)c1. The summed E-state index contributed by atoms with van der Waals surface area (Å²) in [6.07, 6.45) is 1.60. The molecular formula is C18H22N2O3S. The molecule has 0 unspecified atom stereocenters. The monoisotopic (exact) mass is 346 g/mol. The molecule has 0 aliphatic rings. The standard InChI is InChI=1S/C18H22N2O3S/c1-3-15-5-4-6-16(13-15)11-12-19-18(21)20-24(22,23)17-9-7-14(2)8-10-17/h4-10,13H,3,11-12H2,1-2H3,(H2,19,20,21). The number of sulfonamides is 1. The third-order valence-electron chi connectivity index (χ3n) is 3.66. The molecule has 0 spiro atoms. The molecule has 2 aromatic carbocycles. The van der Waals surface area contributed by atoms with Gasteiger partial charge in [-0.05, 0) is 43.0 Å². The van der Waals surface area contributed by atoms with Crippen molar-refractivity contribution < 1.29 is 13.2 Å². The molecule has 0 aromatic heterocycles. The van der Waals surface area contributed by atoms with Crippen LogP contribution in [-0.2, 0) is 22.9 Å². The molecule has 0 radical (unpaired) electrons. The van der Waals surface area contributed by atoms with Gasteiger partial charge in [0.1, 0.15) is 0 Å². The average molecular weight is 346 g/mol. The maximum absolute atomic E-state index is 12.1. The molecule has 128 valence electrons. The Morgan fingerprint density at radius 3 is 2.38 bits per heavy atom. The maximum Gasteiger partial charge on any atom is 0.328 e. The fourth-order valence-corrected chi connectivity index (χ4v) is 3.19. The first-order valence-corrected chi connectivity index (χ1v) is 9.34. The van der Waals surface area contributed by atoms with Gasteiger partial charge >= 0.3 is 6.03 Å². The van der Waals surface area contributed by atoms with Crippen LogP contribution >= 0.6 is 0 Å². The van der Waals surface area contributed by atoms with Gasteiger partial charge in [0.15, 0.2) is 0 Å². The number of carbonyl (C=O) groups excluding carboxylic acids is 1. The van der Waals surface area contributed by atoms with E-state index in [0.29, 0.717) is 13.0 Å². The highest BCUT2D eigenvalue weighted by molar-refractivity contribution is 7.90. The largest absolute Gasteiger partial charge is 0.337 e. The van der Waals surface area contributed by atoms with Gasteiger partial charge in [-0.2, -0.15) is 0 Å². The Balaban J connectivity index is 1.87. The summed E-state index contributed by atoms with van der Waals surface area (Å²) >= 11 is 0. The molecule has 2 rings (SSSR count). The lowest BCUT2D eigenvalue weighted by molar-refractivity contribution is 0.246. The molecular weight excluding hydrogens is 324 g/mol. The van der Waals surface area contributed by atoms with E-state index < -0.39 is 16.1 Å². The van der Waals surface area contributed by atoms with Gasteiger partial charge in [0, 0.05) is 6.54 Å². The van der Waals surface area contributed by atoms with Gasteiger partial charge in [-0.15, -0.1) is 0 Å². The molecule has 0 saturated carbocycles. The quantitative estimate of drug-likeness (QED) is 0.844. The first kappa shape index (κ1) is 18.0. The lowest BCUT2D eigenvalue weighted by Crippen LogP contribution is -2.40. The summed E-state index contributed by atoms with van der Waals surface area (Å²) < 4.78 is 26.2. The van der Waals surface area contributed by atoms with Crippen LogP contribution in [0, 0.1) is 6.92 Å². The number of hydrogen-bond donors (Lipinski definition) is 2. The van der Waals surface area contributed by atoms with E-state index in [0.717, 1.165) is 17.5 Å². The molecule has 0 aliphatic carbocycles. The van der Waals surface area contributed by atoms with Crippen LogP contribution < -0.4 is 10.0 Å². The van der Waals surface area contributed by atoms with Crippen LogP contribution in [0.25, 0.3) is 0 Å². The highest BCUT2D eigenvalue weighted by atomic mass is 32.2. The van der Waals surface area contributed by atoms with Crippen molar-refractivity contribution in [1.29, 1.82) is 0 Å². The van der Waals surface area contributed by atoms with E-state index in [1.54, 1.807) is 12.1 Å². The Hall–Kier alpha value is -2.34. The molecule has 0 heterocycles. The van der Waals surface area contributed by atoms with E-state index in [4.69, 9.17) is 0 Å². The number of rotatable bonds is 6. The van der Waals surface area contributed by atoms with Gasteiger partial charge in [0.2, 0.25) is 0 Å². The average Bonchev–Trinajstić information content (AvgIpc) is 2.55. The van der Waals surface area contributed by atoms with E-state index in [1.807, 2.05) is 23.8 Å². The predicted molar refractivity (Wildman–Crippen MR) is 94.4 cm³/mol. The zero-order valence-corrected chi connectivity index (χ0v) is 14.7. The second kappa shape index (κ2) is 7.97. The molecule has 0 fully saturated rings. The summed E-state index contributed by atoms with van der Waals surface area (Å²) in [5, 5.41) is 2.58. The molecule has 0 aliphatic heterocycles. The minimum atomic E-state index is -3.84. The molecule has 0 atom stereocenters. The van der Waals surface area contributed by atoms with E-state index in [9.17, 15) is 13.2 Å². The summed E-state index contributed by atoms with van der Waals surface area (Å²) in [6, 6.07) is 13.7. The Bertz CT molecular complexity index is 799. The topological polar surface area (TPSA) is 75.3 Å². The van der Waals surface area contributed by atoms with Crippen LogP contribution in [0.4, 0.5) is 4.79 Å². The van der Waals surface area contributed by atoms with E-state index >= 15 is 0 Å². The summed E-state index contributed by atoms with van der Waals surface area (Å²) in [6.45, 7) is 4.31. The predicted octanol–water partition coefficient (Wildman–Crippen LogP) is 2.79. The number of carbonyl (C=O) groups is 1. The first-order chi connectivity index (χ1) is 11.4. The molecule has 0 saturated heterocycles. The lowest BCUT2D eigenvalue weighted by atomic mass is 10.1. The summed E-state index contributed by atoms with van der Waals surface area (Å²) in [4.78, 5) is 11.9. The van der Waals surface area contributed by atoms with Gasteiger partial charge in [-0.3, -0.25) is 0 Å². The van der Waals surface area contributed by atoms with Crippen molar-refractivity contribution in [3.63, 3.8) is 0 Å². The van der Waals surface area contributed by atoms with Crippen LogP contribution in [0.1, 0.15) is 23.6 Å². The van der Waals surface area contributed by atoms with Crippen LogP contribution in [0.3, 0.4) is 0 Å². The zero-order valence-electron chi connectivity index (χ0n) is 13.9. The number of amides is 2. The highest BCUT2D eigenvalue weighted by Crippen LogP contribution is 2.09. The number of benzene rings is 2. The second-order valence-corrected chi connectivity index (χ2v) is 7.28. The zero-order chi connectivity index (χ0) is 17.6. The normalized spacial score (nSPS) is 11.1. The van der Waals surface area contributed by atoms with Crippen molar-refractivity contribution in [1.82, 2.24) is 10.0 Å². The lowest BCUT2D eigenvalue weighted by Gasteiger charge is -2.09. The summed E-state index contributed by atoms with van der Waals surface area (Å²) in [5.74, 6) is 0. The van der Waals surface area contributed by atoms with Crippen molar-refractivity contribution in [2.45, 2.75) is 31.6 Å². The first-order valence-electron chi connectivity index (χ1n) is 7.86.